The van der Waals surface area contributed by atoms with Gasteiger partial charge in [-0.1, -0.05) is 32.4 Å². The van der Waals surface area contributed by atoms with Crippen molar-refractivity contribution in [1.29, 1.82) is 0 Å². The topological polar surface area (TPSA) is 79.4 Å². The van der Waals surface area contributed by atoms with Gasteiger partial charge in [0.15, 0.2) is 5.13 Å². The zero-order valence-corrected chi connectivity index (χ0v) is 18.6. The number of carbonyl (C=O) groups excluding carboxylic acids is 1. The summed E-state index contributed by atoms with van der Waals surface area (Å²) in [5.41, 5.74) is 0.835. The van der Waals surface area contributed by atoms with Crippen LogP contribution < -0.4 is 5.32 Å². The van der Waals surface area contributed by atoms with Crippen LogP contribution in [0.25, 0.3) is 0 Å². The normalized spacial score (nSPS) is 19.2. The average molecular weight is 448 g/mol. The second-order valence-corrected chi connectivity index (χ2v) is 12.3. The highest BCUT2D eigenvalue weighted by molar-refractivity contribution is 7.91. The second-order valence-electron chi connectivity index (χ2n) is 7.54. The van der Waals surface area contributed by atoms with Gasteiger partial charge in [0.25, 0.3) is 10.0 Å². The van der Waals surface area contributed by atoms with Crippen molar-refractivity contribution in [2.45, 2.75) is 43.2 Å². The minimum Gasteiger partial charge on any atom is -0.302 e. The van der Waals surface area contributed by atoms with Crippen LogP contribution in [0, 0.1) is 5.92 Å². The molecular weight excluding hydrogens is 426 g/mol. The van der Waals surface area contributed by atoms with Crippen molar-refractivity contribution in [1.82, 2.24) is 9.29 Å². The van der Waals surface area contributed by atoms with E-state index >= 15 is 0 Å². The minimum absolute atomic E-state index is 0.0861. The molecule has 0 bridgehead atoms. The van der Waals surface area contributed by atoms with Crippen LogP contribution in [-0.4, -0.2) is 36.7 Å². The fraction of sp³-hybridized carbons (Fsp3) is 0.529. The molecular formula is C17H22ClN3O3S3. The molecule has 1 fully saturated rings. The molecule has 148 valence electrons. The van der Waals surface area contributed by atoms with Gasteiger partial charge in [0.2, 0.25) is 5.91 Å². The molecule has 0 radical (unpaired) electrons. The molecule has 3 heterocycles. The van der Waals surface area contributed by atoms with Gasteiger partial charge >= 0.3 is 0 Å². The minimum atomic E-state index is -3.62. The first-order valence-corrected chi connectivity index (χ1v) is 12.1. The molecule has 1 aliphatic rings. The first-order chi connectivity index (χ1) is 12.6. The molecule has 1 aliphatic heterocycles. The van der Waals surface area contributed by atoms with Gasteiger partial charge in [-0.15, -0.1) is 22.7 Å². The number of anilines is 1. The Hall–Kier alpha value is -1.00. The summed E-state index contributed by atoms with van der Waals surface area (Å²) in [6.45, 7) is 6.77. The van der Waals surface area contributed by atoms with E-state index in [1.165, 1.54) is 21.7 Å². The van der Waals surface area contributed by atoms with Crippen LogP contribution in [0.1, 0.15) is 39.3 Å². The quantitative estimate of drug-likeness (QED) is 0.761. The first kappa shape index (κ1) is 20.7. The molecule has 1 unspecified atom stereocenters. The summed E-state index contributed by atoms with van der Waals surface area (Å²) in [6.07, 6.45) is 1.29. The highest BCUT2D eigenvalue weighted by Gasteiger charge is 2.34. The Labute approximate surface area is 172 Å². The van der Waals surface area contributed by atoms with Crippen LogP contribution in [-0.2, 0) is 20.2 Å². The van der Waals surface area contributed by atoms with Gasteiger partial charge in [-0.2, -0.15) is 4.31 Å². The van der Waals surface area contributed by atoms with E-state index in [0.29, 0.717) is 28.9 Å². The van der Waals surface area contributed by atoms with Gasteiger partial charge in [0, 0.05) is 23.9 Å². The van der Waals surface area contributed by atoms with Gasteiger partial charge < -0.3 is 5.32 Å². The number of amides is 1. The van der Waals surface area contributed by atoms with Gasteiger partial charge in [0.05, 0.1) is 15.9 Å². The van der Waals surface area contributed by atoms with Crippen molar-refractivity contribution in [3.8, 4) is 0 Å². The van der Waals surface area contributed by atoms with E-state index in [9.17, 15) is 13.2 Å². The van der Waals surface area contributed by atoms with Crippen LogP contribution in [0.5, 0.6) is 0 Å². The predicted octanol–water partition coefficient (Wildman–Crippen LogP) is 4.19. The highest BCUT2D eigenvalue weighted by Crippen LogP contribution is 2.31. The Bertz CT molecular complexity index is 931. The number of hydrogen-bond acceptors (Lipinski definition) is 6. The number of carbonyl (C=O) groups is 1. The molecule has 6 nitrogen and oxygen atoms in total. The molecule has 0 aliphatic carbocycles. The molecule has 2 aromatic rings. The molecule has 0 aromatic carbocycles. The van der Waals surface area contributed by atoms with Crippen LogP contribution >= 0.6 is 34.3 Å². The molecule has 1 N–H and O–H groups in total. The molecule has 2 aromatic heterocycles. The number of piperidine rings is 1. The third kappa shape index (κ3) is 4.71. The SMILES string of the molecule is CC(C)(C)c1csc(NC(=O)C2CCCN(S(=O)(=O)c3ccc(Cl)s3)C2)n1. The van der Waals surface area contributed by atoms with Gasteiger partial charge in [-0.3, -0.25) is 4.79 Å². The van der Waals surface area contributed by atoms with Crippen molar-refractivity contribution in [2.75, 3.05) is 18.4 Å². The lowest BCUT2D eigenvalue weighted by atomic mass is 9.93. The lowest BCUT2D eigenvalue weighted by molar-refractivity contribution is -0.120. The molecule has 1 atom stereocenters. The van der Waals surface area contributed by atoms with Crippen LogP contribution in [0.15, 0.2) is 21.7 Å². The number of nitrogens with one attached hydrogen (secondary N) is 1. The summed E-state index contributed by atoms with van der Waals surface area (Å²) in [7, 11) is -3.62. The molecule has 1 amide bonds. The third-order valence-corrected chi connectivity index (χ3v) is 8.72. The maximum absolute atomic E-state index is 12.8. The number of halogens is 1. The monoisotopic (exact) mass is 447 g/mol. The standard InChI is InChI=1S/C17H22ClN3O3S3/c1-17(2,3)12-10-25-16(19-12)20-15(22)11-5-4-8-21(9-11)27(23,24)14-7-6-13(18)26-14/h6-7,10-11H,4-5,8-9H2,1-3H3,(H,19,20,22). The first-order valence-electron chi connectivity index (χ1n) is 8.60. The maximum atomic E-state index is 12.8. The molecule has 27 heavy (non-hydrogen) atoms. The smallest absolute Gasteiger partial charge is 0.252 e. The maximum Gasteiger partial charge on any atom is 0.252 e. The van der Waals surface area contributed by atoms with E-state index in [-0.39, 0.29) is 22.1 Å². The van der Waals surface area contributed by atoms with E-state index in [1.807, 2.05) is 5.38 Å². The molecule has 0 saturated carbocycles. The van der Waals surface area contributed by atoms with E-state index in [0.717, 1.165) is 17.0 Å². The van der Waals surface area contributed by atoms with Crippen molar-refractivity contribution < 1.29 is 13.2 Å². The number of sulfonamides is 1. The van der Waals surface area contributed by atoms with Crippen LogP contribution in [0.3, 0.4) is 0 Å². The van der Waals surface area contributed by atoms with Crippen molar-refractivity contribution >= 4 is 55.3 Å². The van der Waals surface area contributed by atoms with Crippen molar-refractivity contribution in [3.05, 3.63) is 27.5 Å². The van der Waals surface area contributed by atoms with Crippen molar-refractivity contribution in [2.24, 2.45) is 5.92 Å². The van der Waals surface area contributed by atoms with Crippen LogP contribution in [0.2, 0.25) is 4.34 Å². The number of nitrogens with zero attached hydrogens (tertiary/aromatic N) is 2. The molecule has 1 saturated heterocycles. The summed E-state index contributed by atoms with van der Waals surface area (Å²) in [4.78, 5) is 17.1. The largest absolute Gasteiger partial charge is 0.302 e. The Kier molecular flexibility index (Phi) is 5.98. The van der Waals surface area contributed by atoms with E-state index in [1.54, 1.807) is 6.07 Å². The Balaban J connectivity index is 1.69. The lowest BCUT2D eigenvalue weighted by Gasteiger charge is -2.30. The predicted molar refractivity (Wildman–Crippen MR) is 110 cm³/mol. The lowest BCUT2D eigenvalue weighted by Crippen LogP contribution is -2.43. The van der Waals surface area contributed by atoms with Crippen LogP contribution in [0.4, 0.5) is 5.13 Å². The molecule has 10 heteroatoms. The summed E-state index contributed by atoms with van der Waals surface area (Å²) >= 11 is 8.29. The molecule has 0 spiro atoms. The zero-order chi connectivity index (χ0) is 19.8. The fourth-order valence-corrected chi connectivity index (χ4v) is 6.92. The van der Waals surface area contributed by atoms with E-state index in [4.69, 9.17) is 11.6 Å². The van der Waals surface area contributed by atoms with Gasteiger partial charge in [-0.25, -0.2) is 13.4 Å². The van der Waals surface area contributed by atoms with E-state index in [2.05, 4.69) is 31.1 Å². The highest BCUT2D eigenvalue weighted by atomic mass is 35.5. The second kappa shape index (κ2) is 7.79. The van der Waals surface area contributed by atoms with E-state index < -0.39 is 15.9 Å². The number of thiophene rings is 1. The zero-order valence-electron chi connectivity index (χ0n) is 15.4. The third-order valence-electron chi connectivity index (χ3n) is 4.40. The van der Waals surface area contributed by atoms with Gasteiger partial charge in [0.1, 0.15) is 4.21 Å². The van der Waals surface area contributed by atoms with Crippen molar-refractivity contribution in [3.63, 3.8) is 0 Å². The Morgan fingerprint density at radius 3 is 2.70 bits per heavy atom. The Morgan fingerprint density at radius 2 is 2.11 bits per heavy atom. The number of thiazole rings is 1. The average Bonchev–Trinajstić information content (AvgIpc) is 3.24. The van der Waals surface area contributed by atoms with Gasteiger partial charge in [-0.05, 0) is 25.0 Å². The summed E-state index contributed by atoms with van der Waals surface area (Å²) in [6, 6.07) is 3.08. The summed E-state index contributed by atoms with van der Waals surface area (Å²) in [5.74, 6) is -0.583. The number of hydrogen-bond donors (Lipinski definition) is 1. The summed E-state index contributed by atoms with van der Waals surface area (Å²) < 4.78 is 27.6. The summed E-state index contributed by atoms with van der Waals surface area (Å²) in [5, 5.41) is 5.34. The number of aromatic nitrogens is 1. The molecule has 3 rings (SSSR count). The Morgan fingerprint density at radius 1 is 1.37 bits per heavy atom. The number of rotatable bonds is 4. The fourth-order valence-electron chi connectivity index (χ4n) is 2.82.